The SMILES string of the molecule is Cc1cc(C)c(C#N)c(N2CCN(S(=O)(=O)c3ccc(Cl)cc3)CC2)n1. The van der Waals surface area contributed by atoms with E-state index in [1.165, 1.54) is 16.4 Å². The number of hydrogen-bond acceptors (Lipinski definition) is 5. The van der Waals surface area contributed by atoms with Gasteiger partial charge in [0, 0.05) is 36.9 Å². The highest BCUT2D eigenvalue weighted by Gasteiger charge is 2.30. The van der Waals surface area contributed by atoms with Crippen molar-refractivity contribution in [3.8, 4) is 6.07 Å². The summed E-state index contributed by atoms with van der Waals surface area (Å²) in [7, 11) is -3.55. The molecular formula is C18H19ClN4O2S. The van der Waals surface area contributed by atoms with Crippen molar-refractivity contribution in [2.45, 2.75) is 18.7 Å². The number of hydrogen-bond donors (Lipinski definition) is 0. The van der Waals surface area contributed by atoms with E-state index >= 15 is 0 Å². The minimum Gasteiger partial charge on any atom is -0.353 e. The Labute approximate surface area is 158 Å². The maximum atomic E-state index is 12.8. The summed E-state index contributed by atoms with van der Waals surface area (Å²) in [5, 5.41) is 9.94. The molecule has 0 N–H and O–H groups in total. The standard InChI is InChI=1S/C18H19ClN4O2S/c1-13-11-14(2)21-18(17(13)12-20)22-7-9-23(10-8-22)26(24,25)16-5-3-15(19)4-6-16/h3-6,11H,7-10H2,1-2H3. The molecule has 8 heteroatoms. The molecule has 136 valence electrons. The molecule has 0 amide bonds. The van der Waals surface area contributed by atoms with Crippen LogP contribution in [0.3, 0.4) is 0 Å². The molecule has 0 aliphatic carbocycles. The molecular weight excluding hydrogens is 372 g/mol. The molecule has 0 atom stereocenters. The Morgan fingerprint density at radius 3 is 2.31 bits per heavy atom. The van der Waals surface area contributed by atoms with E-state index in [0.717, 1.165) is 11.3 Å². The summed E-state index contributed by atoms with van der Waals surface area (Å²) in [5.41, 5.74) is 2.27. The number of piperazine rings is 1. The number of nitrogens with zero attached hydrogens (tertiary/aromatic N) is 4. The van der Waals surface area contributed by atoms with E-state index in [1.807, 2.05) is 24.8 Å². The van der Waals surface area contributed by atoms with Gasteiger partial charge in [0.2, 0.25) is 10.0 Å². The summed E-state index contributed by atoms with van der Waals surface area (Å²) in [5.74, 6) is 0.633. The third-order valence-electron chi connectivity index (χ3n) is 4.43. The van der Waals surface area contributed by atoms with Crippen molar-refractivity contribution in [2.24, 2.45) is 0 Å². The number of benzene rings is 1. The topological polar surface area (TPSA) is 77.3 Å². The second-order valence-corrected chi connectivity index (χ2v) is 8.61. The van der Waals surface area contributed by atoms with Gasteiger partial charge in [-0.3, -0.25) is 0 Å². The lowest BCUT2D eigenvalue weighted by Crippen LogP contribution is -2.49. The quantitative estimate of drug-likeness (QED) is 0.805. The Kier molecular flexibility index (Phi) is 5.19. The van der Waals surface area contributed by atoms with Crippen LogP contribution in [0, 0.1) is 25.2 Å². The van der Waals surface area contributed by atoms with E-state index in [2.05, 4.69) is 11.1 Å². The Hall–Kier alpha value is -2.14. The number of pyridine rings is 1. The van der Waals surface area contributed by atoms with Gasteiger partial charge in [-0.1, -0.05) is 11.6 Å². The number of aryl methyl sites for hydroxylation is 2. The van der Waals surface area contributed by atoms with Crippen LogP contribution in [0.4, 0.5) is 5.82 Å². The summed E-state index contributed by atoms with van der Waals surface area (Å²) >= 11 is 5.84. The number of anilines is 1. The third-order valence-corrected chi connectivity index (χ3v) is 6.59. The van der Waals surface area contributed by atoms with E-state index in [4.69, 9.17) is 11.6 Å². The molecule has 3 rings (SSSR count). The van der Waals surface area contributed by atoms with Crippen molar-refractivity contribution in [3.05, 3.63) is 52.2 Å². The Bertz CT molecular complexity index is 960. The number of nitriles is 1. The number of sulfonamides is 1. The Balaban J connectivity index is 1.80. The van der Waals surface area contributed by atoms with Gasteiger partial charge in [0.05, 0.1) is 10.5 Å². The maximum Gasteiger partial charge on any atom is 0.243 e. The fourth-order valence-electron chi connectivity index (χ4n) is 3.08. The van der Waals surface area contributed by atoms with Crippen molar-refractivity contribution in [2.75, 3.05) is 31.1 Å². The van der Waals surface area contributed by atoms with Gasteiger partial charge < -0.3 is 4.90 Å². The van der Waals surface area contributed by atoms with Crippen LogP contribution in [0.5, 0.6) is 0 Å². The maximum absolute atomic E-state index is 12.8. The van der Waals surface area contributed by atoms with Crippen LogP contribution in [0.15, 0.2) is 35.2 Å². The first kappa shape index (κ1) is 18.6. The number of halogens is 1. The van der Waals surface area contributed by atoms with Crippen LogP contribution in [0.25, 0.3) is 0 Å². The summed E-state index contributed by atoms with van der Waals surface area (Å²) in [6.07, 6.45) is 0. The highest BCUT2D eigenvalue weighted by molar-refractivity contribution is 7.89. The molecule has 26 heavy (non-hydrogen) atoms. The van der Waals surface area contributed by atoms with E-state index in [-0.39, 0.29) is 4.90 Å². The zero-order chi connectivity index (χ0) is 18.9. The van der Waals surface area contributed by atoms with Gasteiger partial charge in [-0.25, -0.2) is 13.4 Å². The second kappa shape index (κ2) is 7.23. The van der Waals surface area contributed by atoms with Gasteiger partial charge in [0.15, 0.2) is 0 Å². The molecule has 1 aromatic carbocycles. The molecule has 0 bridgehead atoms. The predicted molar refractivity (Wildman–Crippen MR) is 101 cm³/mol. The first-order valence-corrected chi connectivity index (χ1v) is 10.0. The molecule has 0 radical (unpaired) electrons. The predicted octanol–water partition coefficient (Wildman–Crippen LogP) is 2.73. The van der Waals surface area contributed by atoms with E-state index in [1.54, 1.807) is 12.1 Å². The second-order valence-electron chi connectivity index (χ2n) is 6.24. The average Bonchev–Trinajstić information content (AvgIpc) is 2.61. The van der Waals surface area contributed by atoms with Crippen molar-refractivity contribution >= 4 is 27.4 Å². The minimum atomic E-state index is -3.55. The molecule has 2 aromatic rings. The van der Waals surface area contributed by atoms with Crippen molar-refractivity contribution in [1.29, 1.82) is 5.26 Å². The van der Waals surface area contributed by atoms with Crippen LogP contribution in [0.2, 0.25) is 5.02 Å². The highest BCUT2D eigenvalue weighted by atomic mass is 35.5. The van der Waals surface area contributed by atoms with E-state index in [0.29, 0.717) is 42.6 Å². The van der Waals surface area contributed by atoms with E-state index in [9.17, 15) is 13.7 Å². The Morgan fingerprint density at radius 1 is 1.12 bits per heavy atom. The summed E-state index contributed by atoms with van der Waals surface area (Å²) < 4.78 is 27.0. The van der Waals surface area contributed by atoms with Crippen molar-refractivity contribution in [1.82, 2.24) is 9.29 Å². The van der Waals surface area contributed by atoms with Gasteiger partial charge in [-0.05, 0) is 49.7 Å². The van der Waals surface area contributed by atoms with Crippen molar-refractivity contribution < 1.29 is 8.42 Å². The third kappa shape index (κ3) is 3.54. The lowest BCUT2D eigenvalue weighted by molar-refractivity contribution is 0.383. The first-order chi connectivity index (χ1) is 12.3. The molecule has 0 saturated carbocycles. The first-order valence-electron chi connectivity index (χ1n) is 8.22. The smallest absolute Gasteiger partial charge is 0.243 e. The molecule has 0 unspecified atom stereocenters. The van der Waals surface area contributed by atoms with Gasteiger partial charge >= 0.3 is 0 Å². The van der Waals surface area contributed by atoms with Crippen LogP contribution >= 0.6 is 11.6 Å². The summed E-state index contributed by atoms with van der Waals surface area (Å²) in [4.78, 5) is 6.72. The lowest BCUT2D eigenvalue weighted by Gasteiger charge is -2.35. The average molecular weight is 391 g/mol. The molecule has 1 fully saturated rings. The normalized spacial score (nSPS) is 15.7. The molecule has 1 aromatic heterocycles. The molecule has 1 saturated heterocycles. The van der Waals surface area contributed by atoms with Gasteiger partial charge in [-0.15, -0.1) is 0 Å². The largest absolute Gasteiger partial charge is 0.353 e. The van der Waals surface area contributed by atoms with Crippen LogP contribution in [-0.4, -0.2) is 43.9 Å². The number of rotatable bonds is 3. The highest BCUT2D eigenvalue weighted by Crippen LogP contribution is 2.25. The fourth-order valence-corrected chi connectivity index (χ4v) is 4.63. The van der Waals surface area contributed by atoms with Gasteiger partial charge in [0.25, 0.3) is 0 Å². The molecule has 2 heterocycles. The summed E-state index contributed by atoms with van der Waals surface area (Å²) in [6.45, 7) is 5.42. The zero-order valence-corrected chi connectivity index (χ0v) is 16.2. The van der Waals surface area contributed by atoms with Crippen LogP contribution in [-0.2, 0) is 10.0 Å². The summed E-state index contributed by atoms with van der Waals surface area (Å²) in [6, 6.07) is 10.3. The zero-order valence-electron chi connectivity index (χ0n) is 14.6. The molecule has 6 nitrogen and oxygen atoms in total. The molecule has 1 aliphatic heterocycles. The van der Waals surface area contributed by atoms with Crippen LogP contribution in [0.1, 0.15) is 16.8 Å². The van der Waals surface area contributed by atoms with Crippen LogP contribution < -0.4 is 4.90 Å². The molecule has 0 spiro atoms. The Morgan fingerprint density at radius 2 is 1.73 bits per heavy atom. The minimum absolute atomic E-state index is 0.234. The lowest BCUT2D eigenvalue weighted by atomic mass is 10.1. The van der Waals surface area contributed by atoms with Gasteiger partial charge in [-0.2, -0.15) is 9.57 Å². The number of aromatic nitrogens is 1. The molecule has 1 aliphatic rings. The monoisotopic (exact) mass is 390 g/mol. The van der Waals surface area contributed by atoms with E-state index < -0.39 is 10.0 Å². The van der Waals surface area contributed by atoms with Crippen molar-refractivity contribution in [3.63, 3.8) is 0 Å². The fraction of sp³-hybridized carbons (Fsp3) is 0.333. The van der Waals surface area contributed by atoms with Gasteiger partial charge in [0.1, 0.15) is 11.9 Å².